The zero-order valence-corrected chi connectivity index (χ0v) is 10.2. The molecule has 0 bridgehead atoms. The Morgan fingerprint density at radius 3 is 2.81 bits per heavy atom. The molecule has 16 heavy (non-hydrogen) atoms. The fraction of sp³-hybridized carbons (Fsp3) is 0.417. The summed E-state index contributed by atoms with van der Waals surface area (Å²) in [4.78, 5) is 11.5. The molecular formula is C12H15FO2S. The van der Waals surface area contributed by atoms with Crippen molar-refractivity contribution in [1.82, 2.24) is 0 Å². The maximum absolute atomic E-state index is 13.1. The summed E-state index contributed by atoms with van der Waals surface area (Å²) < 4.78 is 13.1. The van der Waals surface area contributed by atoms with Crippen LogP contribution in [0.3, 0.4) is 0 Å². The Kier molecular flexibility index (Phi) is 4.80. The van der Waals surface area contributed by atoms with Gasteiger partial charge in [0.15, 0.2) is 0 Å². The van der Waals surface area contributed by atoms with Crippen LogP contribution in [0.2, 0.25) is 0 Å². The summed E-state index contributed by atoms with van der Waals surface area (Å²) in [5.41, 5.74) is -0.256. The minimum absolute atomic E-state index is 0.256. The largest absolute Gasteiger partial charge is 0.478 e. The summed E-state index contributed by atoms with van der Waals surface area (Å²) in [6.07, 6.45) is 2.14. The first-order chi connectivity index (χ1) is 7.54. The highest BCUT2D eigenvalue weighted by atomic mass is 32.2. The van der Waals surface area contributed by atoms with Gasteiger partial charge in [0.2, 0.25) is 0 Å². The van der Waals surface area contributed by atoms with Gasteiger partial charge in [0, 0.05) is 10.1 Å². The molecule has 1 aromatic rings. The van der Waals surface area contributed by atoms with Gasteiger partial charge in [0.1, 0.15) is 5.82 Å². The van der Waals surface area contributed by atoms with Crippen molar-refractivity contribution >= 4 is 17.7 Å². The smallest absolute Gasteiger partial charge is 0.338 e. The molecule has 2 nitrogen and oxygen atoms in total. The van der Waals surface area contributed by atoms with Crippen molar-refractivity contribution in [2.75, 3.05) is 0 Å². The van der Waals surface area contributed by atoms with E-state index in [9.17, 15) is 9.18 Å². The lowest BCUT2D eigenvalue weighted by atomic mass is 10.2. The number of thioether (sulfide) groups is 1. The minimum atomic E-state index is -1.22. The molecule has 4 heteroatoms. The standard InChI is InChI=1S/C12H15FO2S/c1-3-4-8(2)16-9-5-6-11(13)10(7-9)12(14)15/h5-8H,3-4H2,1-2H3,(H,14,15). The Morgan fingerprint density at radius 2 is 2.25 bits per heavy atom. The van der Waals surface area contributed by atoms with Crippen molar-refractivity contribution < 1.29 is 14.3 Å². The van der Waals surface area contributed by atoms with Crippen LogP contribution in [0.1, 0.15) is 37.0 Å². The summed E-state index contributed by atoms with van der Waals surface area (Å²) in [5.74, 6) is -1.90. The molecule has 0 aliphatic carbocycles. The van der Waals surface area contributed by atoms with Gasteiger partial charge >= 0.3 is 5.97 Å². The maximum Gasteiger partial charge on any atom is 0.338 e. The normalized spacial score (nSPS) is 12.4. The highest BCUT2D eigenvalue weighted by Crippen LogP contribution is 2.27. The fourth-order valence-electron chi connectivity index (χ4n) is 1.44. The van der Waals surface area contributed by atoms with Gasteiger partial charge in [-0.2, -0.15) is 0 Å². The van der Waals surface area contributed by atoms with Gasteiger partial charge in [0.25, 0.3) is 0 Å². The van der Waals surface area contributed by atoms with E-state index in [4.69, 9.17) is 5.11 Å². The number of carboxylic acids is 1. The SMILES string of the molecule is CCCC(C)Sc1ccc(F)c(C(=O)O)c1. The first kappa shape index (κ1) is 13.0. The van der Waals surface area contributed by atoms with Crippen LogP contribution >= 0.6 is 11.8 Å². The Labute approximate surface area is 98.9 Å². The van der Waals surface area contributed by atoms with E-state index in [0.717, 1.165) is 17.7 Å². The molecule has 0 fully saturated rings. The second kappa shape index (κ2) is 5.89. The number of halogens is 1. The molecule has 1 rings (SSSR count). The monoisotopic (exact) mass is 242 g/mol. The first-order valence-electron chi connectivity index (χ1n) is 5.24. The van der Waals surface area contributed by atoms with Crippen LogP contribution < -0.4 is 0 Å². The molecule has 0 spiro atoms. The van der Waals surface area contributed by atoms with Crippen molar-refractivity contribution in [3.63, 3.8) is 0 Å². The Hall–Kier alpha value is -1.03. The highest BCUT2D eigenvalue weighted by molar-refractivity contribution is 7.99. The minimum Gasteiger partial charge on any atom is -0.478 e. The molecule has 0 heterocycles. The van der Waals surface area contributed by atoms with Gasteiger partial charge in [-0.3, -0.25) is 0 Å². The number of carbonyl (C=O) groups is 1. The molecule has 0 saturated carbocycles. The van der Waals surface area contributed by atoms with Gasteiger partial charge in [-0.1, -0.05) is 20.3 Å². The van der Waals surface area contributed by atoms with E-state index < -0.39 is 11.8 Å². The van der Waals surface area contributed by atoms with Gasteiger partial charge in [-0.05, 0) is 24.6 Å². The topological polar surface area (TPSA) is 37.3 Å². The lowest BCUT2D eigenvalue weighted by Gasteiger charge is -2.10. The van der Waals surface area contributed by atoms with Gasteiger partial charge < -0.3 is 5.11 Å². The summed E-state index contributed by atoms with van der Waals surface area (Å²) in [6, 6.07) is 4.23. The second-order valence-electron chi connectivity index (χ2n) is 3.66. The third kappa shape index (κ3) is 3.52. The van der Waals surface area contributed by atoms with Crippen LogP contribution in [0.5, 0.6) is 0 Å². The molecule has 0 amide bonds. The molecule has 1 N–H and O–H groups in total. The van der Waals surface area contributed by atoms with Crippen molar-refractivity contribution in [2.45, 2.75) is 36.8 Å². The van der Waals surface area contributed by atoms with E-state index in [-0.39, 0.29) is 5.56 Å². The lowest BCUT2D eigenvalue weighted by molar-refractivity contribution is 0.0691. The zero-order chi connectivity index (χ0) is 12.1. The van der Waals surface area contributed by atoms with Gasteiger partial charge in [0.05, 0.1) is 5.56 Å². The predicted octanol–water partition coefficient (Wildman–Crippen LogP) is 3.80. The molecule has 88 valence electrons. The van der Waals surface area contributed by atoms with Crippen LogP contribution in [0.4, 0.5) is 4.39 Å². The average Bonchev–Trinajstić information content (AvgIpc) is 2.21. The molecule has 0 aromatic heterocycles. The predicted molar refractivity (Wildman–Crippen MR) is 63.6 cm³/mol. The van der Waals surface area contributed by atoms with E-state index >= 15 is 0 Å². The number of carboxylic acid groups (broad SMARTS) is 1. The van der Waals surface area contributed by atoms with E-state index in [0.29, 0.717) is 5.25 Å². The number of rotatable bonds is 5. The van der Waals surface area contributed by atoms with Crippen molar-refractivity contribution in [2.24, 2.45) is 0 Å². The molecular weight excluding hydrogens is 227 g/mol. The highest BCUT2D eigenvalue weighted by Gasteiger charge is 2.12. The van der Waals surface area contributed by atoms with Crippen molar-refractivity contribution in [3.8, 4) is 0 Å². The van der Waals surface area contributed by atoms with Crippen LogP contribution in [0, 0.1) is 5.82 Å². The summed E-state index contributed by atoms with van der Waals surface area (Å²) in [5, 5.41) is 9.19. The van der Waals surface area contributed by atoms with E-state index in [1.807, 2.05) is 0 Å². The summed E-state index contributed by atoms with van der Waals surface area (Å²) in [6.45, 7) is 4.18. The third-order valence-corrected chi connectivity index (χ3v) is 3.36. The molecule has 1 unspecified atom stereocenters. The fourth-order valence-corrected chi connectivity index (χ4v) is 2.59. The number of hydrogen-bond donors (Lipinski definition) is 1. The number of aromatic carboxylic acids is 1. The van der Waals surface area contributed by atoms with E-state index in [2.05, 4.69) is 13.8 Å². The summed E-state index contributed by atoms with van der Waals surface area (Å²) in [7, 11) is 0. The third-order valence-electron chi connectivity index (χ3n) is 2.20. The maximum atomic E-state index is 13.1. The Bertz CT molecular complexity index is 379. The number of benzene rings is 1. The molecule has 0 saturated heterocycles. The van der Waals surface area contributed by atoms with Crippen LogP contribution in [0.15, 0.2) is 23.1 Å². The van der Waals surface area contributed by atoms with Crippen molar-refractivity contribution in [3.05, 3.63) is 29.6 Å². The molecule has 1 atom stereocenters. The molecule has 0 aliphatic rings. The van der Waals surface area contributed by atoms with Crippen LogP contribution in [-0.4, -0.2) is 16.3 Å². The molecule has 0 aliphatic heterocycles. The zero-order valence-electron chi connectivity index (χ0n) is 9.37. The second-order valence-corrected chi connectivity index (χ2v) is 5.18. The number of hydrogen-bond acceptors (Lipinski definition) is 2. The van der Waals surface area contributed by atoms with E-state index in [1.54, 1.807) is 17.8 Å². The molecule has 1 aromatic carbocycles. The van der Waals surface area contributed by atoms with Crippen LogP contribution in [-0.2, 0) is 0 Å². The quantitative estimate of drug-likeness (QED) is 0.798. The lowest BCUT2D eigenvalue weighted by Crippen LogP contribution is -2.01. The Morgan fingerprint density at radius 1 is 1.56 bits per heavy atom. The van der Waals surface area contributed by atoms with Gasteiger partial charge in [-0.15, -0.1) is 11.8 Å². The average molecular weight is 242 g/mol. The molecule has 0 radical (unpaired) electrons. The van der Waals surface area contributed by atoms with Gasteiger partial charge in [-0.25, -0.2) is 9.18 Å². The first-order valence-corrected chi connectivity index (χ1v) is 6.12. The summed E-state index contributed by atoms with van der Waals surface area (Å²) >= 11 is 1.58. The van der Waals surface area contributed by atoms with Crippen molar-refractivity contribution in [1.29, 1.82) is 0 Å². The van der Waals surface area contributed by atoms with Crippen LogP contribution in [0.25, 0.3) is 0 Å². The van der Waals surface area contributed by atoms with E-state index in [1.165, 1.54) is 12.1 Å². The Balaban J connectivity index is 2.82.